The Morgan fingerprint density at radius 2 is 2.11 bits per heavy atom. The fourth-order valence-corrected chi connectivity index (χ4v) is 3.33. The van der Waals surface area contributed by atoms with Gasteiger partial charge in [0.15, 0.2) is 5.58 Å². The summed E-state index contributed by atoms with van der Waals surface area (Å²) in [6, 6.07) is 6.28. The number of rotatable bonds is 2. The van der Waals surface area contributed by atoms with Crippen molar-refractivity contribution in [2.45, 2.75) is 24.3 Å². The van der Waals surface area contributed by atoms with Crippen molar-refractivity contribution in [3.63, 3.8) is 0 Å². The van der Waals surface area contributed by atoms with Gasteiger partial charge in [0, 0.05) is 11.5 Å². The van der Waals surface area contributed by atoms with E-state index in [9.17, 15) is 4.79 Å². The second-order valence-electron chi connectivity index (χ2n) is 5.80. The molecule has 1 aliphatic heterocycles. The van der Waals surface area contributed by atoms with Crippen LogP contribution in [0.1, 0.15) is 18.4 Å². The fourth-order valence-electron chi connectivity index (χ4n) is 3.33. The van der Waals surface area contributed by atoms with Crippen molar-refractivity contribution in [3.05, 3.63) is 34.3 Å². The third-order valence-electron chi connectivity index (χ3n) is 4.67. The summed E-state index contributed by atoms with van der Waals surface area (Å²) in [5.74, 6) is 0.177. The van der Waals surface area contributed by atoms with Crippen LogP contribution in [-0.4, -0.2) is 24.2 Å². The molecule has 2 aliphatic rings. The molecule has 0 radical (unpaired) electrons. The first-order valence-corrected chi connectivity index (χ1v) is 6.64. The highest BCUT2D eigenvalue weighted by Crippen LogP contribution is 2.48. The van der Waals surface area contributed by atoms with Gasteiger partial charge in [-0.3, -0.25) is 4.98 Å². The quantitative estimate of drug-likeness (QED) is 0.848. The molecule has 5 nitrogen and oxygen atoms in total. The van der Waals surface area contributed by atoms with E-state index in [1.54, 1.807) is 0 Å². The van der Waals surface area contributed by atoms with Crippen molar-refractivity contribution in [2.75, 3.05) is 13.2 Å². The van der Waals surface area contributed by atoms with E-state index < -0.39 is 5.76 Å². The summed E-state index contributed by atoms with van der Waals surface area (Å²) < 4.78 is 10.6. The summed E-state index contributed by atoms with van der Waals surface area (Å²) in [6.45, 7) is 1.48. The first-order chi connectivity index (χ1) is 9.17. The number of fused-ring (bicyclic) bond motifs is 1. The summed E-state index contributed by atoms with van der Waals surface area (Å²) in [4.78, 5) is 13.9. The zero-order chi connectivity index (χ0) is 13.0. The van der Waals surface area contributed by atoms with Gasteiger partial charge in [-0.2, -0.15) is 0 Å². The van der Waals surface area contributed by atoms with Gasteiger partial charge in [-0.1, -0.05) is 6.07 Å². The summed E-state index contributed by atoms with van der Waals surface area (Å²) in [5.41, 5.74) is 8.55. The number of ether oxygens (including phenoxy) is 1. The van der Waals surface area contributed by atoms with Crippen LogP contribution in [0.25, 0.3) is 11.1 Å². The predicted octanol–water partition coefficient (Wildman–Crippen LogP) is 1.13. The number of H-pyrrole nitrogens is 1. The molecule has 1 saturated carbocycles. The Morgan fingerprint density at radius 3 is 2.74 bits per heavy atom. The normalized spacial score (nSPS) is 28.9. The molecule has 19 heavy (non-hydrogen) atoms. The van der Waals surface area contributed by atoms with Gasteiger partial charge in [-0.15, -0.1) is 0 Å². The van der Waals surface area contributed by atoms with Crippen LogP contribution in [0.3, 0.4) is 0 Å². The van der Waals surface area contributed by atoms with Crippen molar-refractivity contribution in [2.24, 2.45) is 11.7 Å². The van der Waals surface area contributed by atoms with Gasteiger partial charge in [-0.05, 0) is 36.5 Å². The highest BCUT2D eigenvalue weighted by molar-refractivity contribution is 5.73. The van der Waals surface area contributed by atoms with Crippen LogP contribution in [0.15, 0.2) is 27.4 Å². The lowest BCUT2D eigenvalue weighted by atomic mass is 9.59. The van der Waals surface area contributed by atoms with E-state index in [0.717, 1.165) is 31.6 Å². The average Bonchev–Trinajstić information content (AvgIpc) is 2.64. The molecular weight excluding hydrogens is 244 g/mol. The molecule has 1 aromatic heterocycles. The van der Waals surface area contributed by atoms with Gasteiger partial charge in [-0.25, -0.2) is 4.79 Å². The molecule has 4 rings (SSSR count). The molecule has 2 heterocycles. The van der Waals surface area contributed by atoms with Crippen LogP contribution in [0.5, 0.6) is 0 Å². The Balaban J connectivity index is 1.77. The van der Waals surface area contributed by atoms with Crippen molar-refractivity contribution in [1.82, 2.24) is 4.98 Å². The van der Waals surface area contributed by atoms with Gasteiger partial charge in [0.2, 0.25) is 0 Å². The average molecular weight is 260 g/mol. The van der Waals surface area contributed by atoms with Crippen molar-refractivity contribution >= 4 is 11.1 Å². The summed E-state index contributed by atoms with van der Waals surface area (Å²) in [7, 11) is 0. The van der Waals surface area contributed by atoms with E-state index in [4.69, 9.17) is 14.9 Å². The fraction of sp³-hybridized carbons (Fsp3) is 0.500. The second kappa shape index (κ2) is 3.71. The number of nitrogens with two attached hydrogens (primary N) is 1. The van der Waals surface area contributed by atoms with E-state index in [1.807, 2.05) is 12.1 Å². The maximum atomic E-state index is 11.2. The lowest BCUT2D eigenvalue weighted by Gasteiger charge is -2.53. The van der Waals surface area contributed by atoms with Gasteiger partial charge < -0.3 is 14.9 Å². The predicted molar refractivity (Wildman–Crippen MR) is 70.0 cm³/mol. The molecule has 0 atom stereocenters. The zero-order valence-corrected chi connectivity index (χ0v) is 10.5. The number of hydrogen-bond donors (Lipinski definition) is 2. The molecule has 3 N–H and O–H groups in total. The number of oxazole rings is 1. The molecule has 1 aromatic carbocycles. The number of aromatic amines is 1. The molecule has 2 fully saturated rings. The van der Waals surface area contributed by atoms with E-state index in [0.29, 0.717) is 17.5 Å². The molecule has 0 spiro atoms. The molecular formula is C14H16N2O3. The summed E-state index contributed by atoms with van der Waals surface area (Å²) in [6.07, 6.45) is 2.11. The minimum atomic E-state index is -0.406. The SMILES string of the molecule is NC1CC(C2(c3ccc4[nH]c(=O)oc4c3)COC2)C1. The Hall–Kier alpha value is -1.59. The molecule has 0 amide bonds. The van der Waals surface area contributed by atoms with E-state index in [2.05, 4.69) is 11.1 Å². The highest BCUT2D eigenvalue weighted by Gasteiger charge is 2.51. The molecule has 100 valence electrons. The van der Waals surface area contributed by atoms with Crippen molar-refractivity contribution < 1.29 is 9.15 Å². The van der Waals surface area contributed by atoms with Crippen LogP contribution >= 0.6 is 0 Å². The van der Waals surface area contributed by atoms with Crippen LogP contribution in [0.2, 0.25) is 0 Å². The smallest absolute Gasteiger partial charge is 0.408 e. The van der Waals surface area contributed by atoms with Gasteiger partial charge in [0.25, 0.3) is 0 Å². The Kier molecular flexibility index (Phi) is 2.20. The van der Waals surface area contributed by atoms with E-state index >= 15 is 0 Å². The zero-order valence-electron chi connectivity index (χ0n) is 10.5. The molecule has 1 aliphatic carbocycles. The maximum absolute atomic E-state index is 11.2. The topological polar surface area (TPSA) is 81.3 Å². The van der Waals surface area contributed by atoms with Gasteiger partial charge >= 0.3 is 5.76 Å². The molecule has 5 heteroatoms. The number of nitrogens with one attached hydrogen (secondary N) is 1. The van der Waals surface area contributed by atoms with Crippen LogP contribution in [0.4, 0.5) is 0 Å². The van der Waals surface area contributed by atoms with Crippen LogP contribution < -0.4 is 11.5 Å². The third kappa shape index (κ3) is 1.52. The second-order valence-corrected chi connectivity index (χ2v) is 5.80. The Bertz CT molecular complexity index is 677. The minimum absolute atomic E-state index is 0.0693. The molecule has 2 aromatic rings. The molecule has 0 unspecified atom stereocenters. The number of hydrogen-bond acceptors (Lipinski definition) is 4. The third-order valence-corrected chi connectivity index (χ3v) is 4.67. The number of aromatic nitrogens is 1. The summed E-state index contributed by atoms with van der Waals surface area (Å²) in [5, 5.41) is 0. The Labute approximate surface area is 109 Å². The molecule has 0 bridgehead atoms. The molecule has 1 saturated heterocycles. The Morgan fingerprint density at radius 1 is 1.32 bits per heavy atom. The van der Waals surface area contributed by atoms with Crippen molar-refractivity contribution in [3.8, 4) is 0 Å². The largest absolute Gasteiger partial charge is 0.417 e. The van der Waals surface area contributed by atoms with Crippen LogP contribution in [0, 0.1) is 5.92 Å². The van der Waals surface area contributed by atoms with Crippen LogP contribution in [-0.2, 0) is 10.2 Å². The van der Waals surface area contributed by atoms with E-state index in [1.165, 1.54) is 5.56 Å². The van der Waals surface area contributed by atoms with Gasteiger partial charge in [0.1, 0.15) is 0 Å². The first-order valence-electron chi connectivity index (χ1n) is 6.64. The minimum Gasteiger partial charge on any atom is -0.408 e. The number of benzene rings is 1. The summed E-state index contributed by atoms with van der Waals surface area (Å²) >= 11 is 0. The lowest BCUT2D eigenvalue weighted by Crippen LogP contribution is -2.58. The van der Waals surface area contributed by atoms with Crippen molar-refractivity contribution in [1.29, 1.82) is 0 Å². The standard InChI is InChI=1S/C14H16N2O3/c15-10-3-9(4-10)14(6-18-7-14)8-1-2-11-12(5-8)19-13(17)16-11/h1-2,5,9-10H,3-4,6-7,15H2,(H,16,17). The lowest BCUT2D eigenvalue weighted by molar-refractivity contribution is -0.111. The van der Waals surface area contributed by atoms with Gasteiger partial charge in [0.05, 0.1) is 18.7 Å². The highest BCUT2D eigenvalue weighted by atomic mass is 16.5. The first kappa shape index (κ1) is 11.3. The monoisotopic (exact) mass is 260 g/mol. The maximum Gasteiger partial charge on any atom is 0.417 e. The van der Waals surface area contributed by atoms with E-state index in [-0.39, 0.29) is 5.41 Å².